The van der Waals surface area contributed by atoms with Crippen molar-refractivity contribution in [1.29, 1.82) is 0 Å². The van der Waals surface area contributed by atoms with E-state index in [4.69, 9.17) is 4.74 Å². The minimum atomic E-state index is -1.18. The van der Waals surface area contributed by atoms with Crippen LogP contribution in [0.5, 0.6) is 5.75 Å². The first-order valence-corrected chi connectivity index (χ1v) is 12.3. The first-order valence-electron chi connectivity index (χ1n) is 12.3. The molecule has 8 heteroatoms. The van der Waals surface area contributed by atoms with Crippen molar-refractivity contribution in [3.05, 3.63) is 60.3 Å². The third-order valence-electron chi connectivity index (χ3n) is 7.01. The van der Waals surface area contributed by atoms with Gasteiger partial charge in [0.25, 0.3) is 0 Å². The van der Waals surface area contributed by atoms with E-state index < -0.39 is 18.1 Å². The number of benzene rings is 1. The number of aliphatic carboxylic acids is 1. The second-order valence-corrected chi connectivity index (χ2v) is 9.24. The van der Waals surface area contributed by atoms with Crippen LogP contribution in [0.4, 0.5) is 4.39 Å². The van der Waals surface area contributed by atoms with E-state index in [0.717, 1.165) is 55.5 Å². The summed E-state index contributed by atoms with van der Waals surface area (Å²) in [7, 11) is 1.58. The Hall–Kier alpha value is -3.13. The maximum Gasteiger partial charge on any atom is 0.308 e. The highest BCUT2D eigenvalue weighted by molar-refractivity contribution is 5.83. The fourth-order valence-corrected chi connectivity index (χ4v) is 5.04. The van der Waals surface area contributed by atoms with Gasteiger partial charge in [-0.05, 0) is 87.0 Å². The van der Waals surface area contributed by atoms with E-state index in [1.807, 2.05) is 18.2 Å². The molecule has 0 aliphatic carbocycles. The highest BCUT2D eigenvalue weighted by Gasteiger charge is 2.34. The molecule has 1 saturated heterocycles. The van der Waals surface area contributed by atoms with E-state index in [9.17, 15) is 9.90 Å². The summed E-state index contributed by atoms with van der Waals surface area (Å²) in [6.07, 6.45) is 8.33. The molecule has 1 aliphatic heterocycles. The molecule has 0 saturated carbocycles. The van der Waals surface area contributed by atoms with Gasteiger partial charge in [0.1, 0.15) is 17.7 Å². The lowest BCUT2D eigenvalue weighted by Crippen LogP contribution is -2.44. The number of unbranched alkanes of at least 4 members (excludes halogenated alkanes) is 1. The predicted octanol–water partition coefficient (Wildman–Crippen LogP) is 4.87. The van der Waals surface area contributed by atoms with Gasteiger partial charge in [-0.1, -0.05) is 0 Å². The first kappa shape index (κ1) is 25.0. The summed E-state index contributed by atoms with van der Waals surface area (Å²) in [5.41, 5.74) is 1.31. The van der Waals surface area contributed by atoms with Crippen molar-refractivity contribution < 1.29 is 19.0 Å². The quantitative estimate of drug-likeness (QED) is 0.392. The van der Waals surface area contributed by atoms with Gasteiger partial charge in [-0.3, -0.25) is 9.78 Å². The number of pyridine rings is 1. The number of aryl methyl sites for hydroxylation is 1. The van der Waals surface area contributed by atoms with Crippen molar-refractivity contribution in [3.8, 4) is 5.75 Å². The Morgan fingerprint density at radius 3 is 2.80 bits per heavy atom. The molecule has 7 nitrogen and oxygen atoms in total. The Labute approximate surface area is 205 Å². The van der Waals surface area contributed by atoms with Crippen LogP contribution in [0, 0.1) is 11.8 Å². The largest absolute Gasteiger partial charge is 0.497 e. The molecule has 2 aromatic heterocycles. The summed E-state index contributed by atoms with van der Waals surface area (Å²) in [4.78, 5) is 27.1. The lowest BCUT2D eigenvalue weighted by Gasteiger charge is -2.36. The molecule has 4 rings (SSSR count). The molecular formula is C27H33FN4O3. The fourth-order valence-electron chi connectivity index (χ4n) is 5.04. The number of likely N-dealkylation sites (tertiary alicyclic amines) is 1. The Morgan fingerprint density at radius 2 is 2.03 bits per heavy atom. The van der Waals surface area contributed by atoms with Crippen LogP contribution in [0.1, 0.15) is 49.7 Å². The molecule has 35 heavy (non-hydrogen) atoms. The van der Waals surface area contributed by atoms with Gasteiger partial charge in [-0.15, -0.1) is 0 Å². The first-order chi connectivity index (χ1) is 17.0. The summed E-state index contributed by atoms with van der Waals surface area (Å²) < 4.78 is 20.7. The summed E-state index contributed by atoms with van der Waals surface area (Å²) in [5, 5.41) is 10.6. The molecule has 1 fully saturated rings. The summed E-state index contributed by atoms with van der Waals surface area (Å²) >= 11 is 0. The Morgan fingerprint density at radius 1 is 1.20 bits per heavy atom. The van der Waals surface area contributed by atoms with Gasteiger partial charge in [-0.25, -0.2) is 14.4 Å². The highest BCUT2D eigenvalue weighted by atomic mass is 19.1. The zero-order valence-electron chi connectivity index (χ0n) is 20.1. The molecule has 0 amide bonds. The molecule has 0 radical (unpaired) electrons. The topological polar surface area (TPSA) is 88.4 Å². The van der Waals surface area contributed by atoms with E-state index in [-0.39, 0.29) is 5.92 Å². The average Bonchev–Trinajstić information content (AvgIpc) is 2.89. The minimum Gasteiger partial charge on any atom is -0.497 e. The summed E-state index contributed by atoms with van der Waals surface area (Å²) in [6, 6.07) is 8.97. The lowest BCUT2D eigenvalue weighted by atomic mass is 9.81. The third kappa shape index (κ3) is 6.51. The van der Waals surface area contributed by atoms with Gasteiger partial charge in [0.2, 0.25) is 0 Å². The van der Waals surface area contributed by atoms with Crippen LogP contribution in [0.15, 0.2) is 48.9 Å². The number of carbonyl (C=O) groups is 1. The summed E-state index contributed by atoms with van der Waals surface area (Å²) in [5.74, 6) is 0.223. The second-order valence-electron chi connectivity index (χ2n) is 9.24. The van der Waals surface area contributed by atoms with Crippen molar-refractivity contribution in [2.75, 3.05) is 26.7 Å². The van der Waals surface area contributed by atoms with E-state index >= 15 is 4.39 Å². The molecule has 0 spiro atoms. The Balaban J connectivity index is 1.30. The SMILES string of the molecule is COc1ccc2nccc([C@@H](F)CC[C@@H]3CCN(CCCCc4ncccn4)C[C@@H]3C(=O)O)c2c1. The van der Waals surface area contributed by atoms with Crippen molar-refractivity contribution >= 4 is 16.9 Å². The number of hydrogen-bond donors (Lipinski definition) is 1. The second kappa shape index (κ2) is 12.0. The number of halogens is 1. The zero-order chi connectivity index (χ0) is 24.6. The smallest absolute Gasteiger partial charge is 0.308 e. The van der Waals surface area contributed by atoms with Gasteiger partial charge < -0.3 is 14.7 Å². The van der Waals surface area contributed by atoms with Gasteiger partial charge in [-0.2, -0.15) is 0 Å². The lowest BCUT2D eigenvalue weighted by molar-refractivity contribution is -0.146. The number of alkyl halides is 1. The Bertz CT molecular complexity index is 1110. The summed E-state index contributed by atoms with van der Waals surface area (Å²) in [6.45, 7) is 2.23. The van der Waals surface area contributed by atoms with Gasteiger partial charge in [0.15, 0.2) is 0 Å². The molecular weight excluding hydrogens is 447 g/mol. The maximum atomic E-state index is 15.4. The molecule has 3 aromatic rings. The molecule has 3 heterocycles. The number of methoxy groups -OCH3 is 1. The maximum absolute atomic E-state index is 15.4. The van der Waals surface area contributed by atoms with Gasteiger partial charge in [0, 0.05) is 36.9 Å². The number of hydrogen-bond acceptors (Lipinski definition) is 6. The molecule has 0 bridgehead atoms. The number of nitrogens with zero attached hydrogens (tertiary/aromatic N) is 4. The molecule has 1 aromatic carbocycles. The zero-order valence-corrected chi connectivity index (χ0v) is 20.1. The van der Waals surface area contributed by atoms with Crippen molar-refractivity contribution in [2.24, 2.45) is 11.8 Å². The van der Waals surface area contributed by atoms with Crippen LogP contribution in [-0.4, -0.2) is 57.7 Å². The molecule has 3 atom stereocenters. The normalized spacial score (nSPS) is 19.5. The number of carboxylic acids is 1. The van der Waals surface area contributed by atoms with Crippen molar-refractivity contribution in [1.82, 2.24) is 19.9 Å². The van der Waals surface area contributed by atoms with Gasteiger partial charge in [0.05, 0.1) is 18.5 Å². The van der Waals surface area contributed by atoms with Crippen LogP contribution in [0.3, 0.4) is 0 Å². The standard InChI is InChI=1S/C27H33FN4O3/c1-35-20-7-9-25-22(17-20)21(10-14-29-25)24(28)8-6-19-11-16-32(18-23(19)27(33)34)15-3-2-5-26-30-12-4-13-31-26/h4,7,9-10,12-14,17,19,23-24H,2-3,5-6,8,11,15-16,18H2,1H3,(H,33,34)/t19-,23+,24+/m1/s1. The van der Waals surface area contributed by atoms with E-state index in [1.54, 1.807) is 37.8 Å². The number of carboxylic acid groups (broad SMARTS) is 1. The number of aromatic nitrogens is 3. The Kier molecular flexibility index (Phi) is 8.58. The number of ether oxygens (including phenoxy) is 1. The van der Waals surface area contributed by atoms with E-state index in [0.29, 0.717) is 30.7 Å². The van der Waals surface area contributed by atoms with Crippen LogP contribution in [0.25, 0.3) is 10.9 Å². The van der Waals surface area contributed by atoms with Crippen LogP contribution >= 0.6 is 0 Å². The van der Waals surface area contributed by atoms with Crippen molar-refractivity contribution in [2.45, 2.75) is 44.7 Å². The highest BCUT2D eigenvalue weighted by Crippen LogP contribution is 2.35. The molecule has 0 unspecified atom stereocenters. The number of fused-ring (bicyclic) bond motifs is 1. The van der Waals surface area contributed by atoms with Crippen LogP contribution < -0.4 is 4.74 Å². The average molecular weight is 481 g/mol. The number of rotatable bonds is 11. The molecule has 186 valence electrons. The van der Waals surface area contributed by atoms with Crippen molar-refractivity contribution in [3.63, 3.8) is 0 Å². The fraction of sp³-hybridized carbons (Fsp3) is 0.481. The predicted molar refractivity (Wildman–Crippen MR) is 132 cm³/mol. The van der Waals surface area contributed by atoms with E-state index in [2.05, 4.69) is 19.9 Å². The number of piperidine rings is 1. The molecule has 1 aliphatic rings. The van der Waals surface area contributed by atoms with Crippen LogP contribution in [0.2, 0.25) is 0 Å². The van der Waals surface area contributed by atoms with Gasteiger partial charge >= 0.3 is 5.97 Å². The third-order valence-corrected chi connectivity index (χ3v) is 7.01. The molecule has 1 N–H and O–H groups in total. The van der Waals surface area contributed by atoms with Crippen LogP contribution in [-0.2, 0) is 11.2 Å². The minimum absolute atomic E-state index is 0.0256. The van der Waals surface area contributed by atoms with E-state index in [1.165, 1.54) is 0 Å². The monoisotopic (exact) mass is 480 g/mol.